The van der Waals surface area contributed by atoms with Crippen molar-refractivity contribution >= 4 is 22.0 Å². The van der Waals surface area contributed by atoms with E-state index in [1.54, 1.807) is 0 Å². The van der Waals surface area contributed by atoms with Gasteiger partial charge in [-0.15, -0.1) is 0 Å². The van der Waals surface area contributed by atoms with Gasteiger partial charge >= 0.3 is 6.09 Å². The fourth-order valence-electron chi connectivity index (χ4n) is 2.79. The maximum atomic E-state index is 11.9. The van der Waals surface area contributed by atoms with Crippen LogP contribution in [0.2, 0.25) is 0 Å². The number of nitrogens with zero attached hydrogens (tertiary/aromatic N) is 1. The minimum Gasteiger partial charge on any atom is -0.444 e. The molecule has 1 amide bonds. The number of alkyl carbamates (subject to hydrolysis) is 1. The molecule has 1 heterocycles. The lowest BCUT2D eigenvalue weighted by Gasteiger charge is -2.33. The second-order valence-electron chi connectivity index (χ2n) is 7.16. The molecule has 2 rings (SSSR count). The van der Waals surface area contributed by atoms with Crippen molar-refractivity contribution < 1.29 is 9.53 Å². The largest absolute Gasteiger partial charge is 0.444 e. The van der Waals surface area contributed by atoms with Gasteiger partial charge in [0.2, 0.25) is 0 Å². The van der Waals surface area contributed by atoms with Crippen LogP contribution < -0.4 is 5.32 Å². The SMILES string of the molecule is CC(C)(C)OC(=O)N[C@H]1CCCN(CCc2ccc(Br)cc2)C1. The molecule has 4 nitrogen and oxygen atoms in total. The van der Waals surface area contributed by atoms with Crippen LogP contribution in [0.5, 0.6) is 0 Å². The third-order valence-electron chi connectivity index (χ3n) is 3.86. The quantitative estimate of drug-likeness (QED) is 0.855. The Morgan fingerprint density at radius 3 is 2.70 bits per heavy atom. The van der Waals surface area contributed by atoms with E-state index in [4.69, 9.17) is 4.74 Å². The van der Waals surface area contributed by atoms with Crippen LogP contribution in [0.3, 0.4) is 0 Å². The van der Waals surface area contributed by atoms with Crippen LogP contribution in [0.15, 0.2) is 28.7 Å². The van der Waals surface area contributed by atoms with Gasteiger partial charge in [0.1, 0.15) is 5.60 Å². The number of nitrogens with one attached hydrogen (secondary N) is 1. The molecule has 1 aliphatic heterocycles. The van der Waals surface area contributed by atoms with E-state index in [1.807, 2.05) is 20.8 Å². The topological polar surface area (TPSA) is 41.6 Å². The second-order valence-corrected chi connectivity index (χ2v) is 8.08. The van der Waals surface area contributed by atoms with Gasteiger partial charge in [0.05, 0.1) is 0 Å². The van der Waals surface area contributed by atoms with Crippen molar-refractivity contribution in [1.29, 1.82) is 0 Å². The normalized spacial score (nSPS) is 19.4. The zero-order valence-electron chi connectivity index (χ0n) is 14.3. The van der Waals surface area contributed by atoms with Crippen LogP contribution in [-0.2, 0) is 11.2 Å². The number of piperidine rings is 1. The highest BCUT2D eigenvalue weighted by Gasteiger charge is 2.23. The van der Waals surface area contributed by atoms with Crippen molar-refractivity contribution in [2.75, 3.05) is 19.6 Å². The predicted molar refractivity (Wildman–Crippen MR) is 96.7 cm³/mol. The van der Waals surface area contributed by atoms with E-state index in [9.17, 15) is 4.79 Å². The minimum absolute atomic E-state index is 0.184. The number of carbonyl (C=O) groups is 1. The lowest BCUT2D eigenvalue weighted by molar-refractivity contribution is 0.0472. The summed E-state index contributed by atoms with van der Waals surface area (Å²) in [5.74, 6) is 0. The summed E-state index contributed by atoms with van der Waals surface area (Å²) in [7, 11) is 0. The number of rotatable bonds is 4. The summed E-state index contributed by atoms with van der Waals surface area (Å²) in [5.41, 5.74) is 0.899. The zero-order chi connectivity index (χ0) is 16.9. The molecular formula is C18H27BrN2O2. The monoisotopic (exact) mass is 382 g/mol. The van der Waals surface area contributed by atoms with Crippen LogP contribution in [0.4, 0.5) is 4.79 Å². The number of halogens is 1. The van der Waals surface area contributed by atoms with Crippen LogP contribution in [-0.4, -0.2) is 42.3 Å². The Labute approximate surface area is 147 Å². The lowest BCUT2D eigenvalue weighted by Crippen LogP contribution is -2.49. The van der Waals surface area contributed by atoms with Gasteiger partial charge in [0.15, 0.2) is 0 Å². The molecule has 0 unspecified atom stereocenters. The van der Waals surface area contributed by atoms with Crippen LogP contribution >= 0.6 is 15.9 Å². The van der Waals surface area contributed by atoms with Gasteiger partial charge in [-0.1, -0.05) is 28.1 Å². The van der Waals surface area contributed by atoms with E-state index in [-0.39, 0.29) is 12.1 Å². The van der Waals surface area contributed by atoms with E-state index in [0.29, 0.717) is 0 Å². The van der Waals surface area contributed by atoms with E-state index in [1.165, 1.54) is 5.56 Å². The third-order valence-corrected chi connectivity index (χ3v) is 4.39. The zero-order valence-corrected chi connectivity index (χ0v) is 15.9. The molecule has 0 bridgehead atoms. The Hall–Kier alpha value is -1.07. The molecule has 0 spiro atoms. The van der Waals surface area contributed by atoms with Gasteiger partial charge in [0, 0.05) is 23.6 Å². The summed E-state index contributed by atoms with van der Waals surface area (Å²) >= 11 is 3.46. The molecule has 1 aromatic carbocycles. The number of benzene rings is 1. The Morgan fingerprint density at radius 1 is 1.35 bits per heavy atom. The maximum Gasteiger partial charge on any atom is 0.407 e. The van der Waals surface area contributed by atoms with E-state index in [2.05, 4.69) is 50.4 Å². The van der Waals surface area contributed by atoms with Gasteiger partial charge in [-0.2, -0.15) is 0 Å². The summed E-state index contributed by atoms with van der Waals surface area (Å²) in [6.07, 6.45) is 2.86. The Bertz CT molecular complexity index is 511. The fraction of sp³-hybridized carbons (Fsp3) is 0.611. The average Bonchev–Trinajstić information content (AvgIpc) is 2.45. The van der Waals surface area contributed by atoms with Crippen LogP contribution in [0.25, 0.3) is 0 Å². The van der Waals surface area contributed by atoms with E-state index >= 15 is 0 Å². The summed E-state index contributed by atoms with van der Waals surface area (Å²) in [6, 6.07) is 8.66. The second kappa shape index (κ2) is 8.15. The summed E-state index contributed by atoms with van der Waals surface area (Å²) in [5, 5.41) is 3.00. The molecule has 0 aromatic heterocycles. The molecule has 1 fully saturated rings. The van der Waals surface area contributed by atoms with Crippen LogP contribution in [0, 0.1) is 0 Å². The Balaban J connectivity index is 1.76. The first-order chi connectivity index (χ1) is 10.8. The first kappa shape index (κ1) is 18.3. The van der Waals surface area contributed by atoms with E-state index in [0.717, 1.165) is 43.4 Å². The summed E-state index contributed by atoms with van der Waals surface area (Å²) in [6.45, 7) is 8.68. The number of hydrogen-bond donors (Lipinski definition) is 1. The van der Waals surface area contributed by atoms with Crippen molar-refractivity contribution in [1.82, 2.24) is 10.2 Å². The molecule has 1 N–H and O–H groups in total. The standard InChI is InChI=1S/C18H27BrN2O2/c1-18(2,3)23-17(22)20-16-5-4-11-21(13-16)12-10-14-6-8-15(19)9-7-14/h6-9,16H,4-5,10-13H2,1-3H3,(H,20,22)/t16-/m0/s1. The maximum absolute atomic E-state index is 11.9. The highest BCUT2D eigenvalue weighted by atomic mass is 79.9. The predicted octanol–water partition coefficient (Wildman–Crippen LogP) is 3.98. The first-order valence-electron chi connectivity index (χ1n) is 8.28. The molecule has 0 aliphatic carbocycles. The average molecular weight is 383 g/mol. The molecule has 23 heavy (non-hydrogen) atoms. The summed E-state index contributed by atoms with van der Waals surface area (Å²) in [4.78, 5) is 14.3. The summed E-state index contributed by atoms with van der Waals surface area (Å²) < 4.78 is 6.46. The Morgan fingerprint density at radius 2 is 2.04 bits per heavy atom. The molecule has 1 atom stereocenters. The van der Waals surface area contributed by atoms with Crippen molar-refractivity contribution in [2.24, 2.45) is 0 Å². The molecule has 0 saturated carbocycles. The van der Waals surface area contributed by atoms with Crippen molar-refractivity contribution in [3.05, 3.63) is 34.3 Å². The molecule has 128 valence electrons. The van der Waals surface area contributed by atoms with Gasteiger partial charge in [0.25, 0.3) is 0 Å². The molecular weight excluding hydrogens is 356 g/mol. The van der Waals surface area contributed by atoms with Gasteiger partial charge < -0.3 is 15.0 Å². The van der Waals surface area contributed by atoms with Crippen LogP contribution in [0.1, 0.15) is 39.2 Å². The highest BCUT2D eigenvalue weighted by molar-refractivity contribution is 9.10. The number of hydrogen-bond acceptors (Lipinski definition) is 3. The number of amides is 1. The van der Waals surface area contributed by atoms with Gasteiger partial charge in [-0.05, 0) is 64.3 Å². The lowest BCUT2D eigenvalue weighted by atomic mass is 10.0. The third kappa shape index (κ3) is 6.92. The molecule has 1 aromatic rings. The fourth-order valence-corrected chi connectivity index (χ4v) is 3.05. The van der Waals surface area contributed by atoms with Gasteiger partial charge in [-0.25, -0.2) is 4.79 Å². The van der Waals surface area contributed by atoms with Crippen molar-refractivity contribution in [3.63, 3.8) is 0 Å². The van der Waals surface area contributed by atoms with Gasteiger partial charge in [-0.3, -0.25) is 0 Å². The minimum atomic E-state index is -0.444. The molecule has 1 saturated heterocycles. The van der Waals surface area contributed by atoms with Crippen molar-refractivity contribution in [2.45, 2.75) is 51.7 Å². The first-order valence-corrected chi connectivity index (χ1v) is 9.07. The molecule has 0 radical (unpaired) electrons. The smallest absolute Gasteiger partial charge is 0.407 e. The molecule has 5 heteroatoms. The molecule has 1 aliphatic rings. The highest BCUT2D eigenvalue weighted by Crippen LogP contribution is 2.14. The number of carbonyl (C=O) groups excluding carboxylic acids is 1. The number of ether oxygens (including phenoxy) is 1. The number of likely N-dealkylation sites (tertiary alicyclic amines) is 1. The Kier molecular flexibility index (Phi) is 6.48. The van der Waals surface area contributed by atoms with E-state index < -0.39 is 5.60 Å². The van der Waals surface area contributed by atoms with Crippen molar-refractivity contribution in [3.8, 4) is 0 Å².